The highest BCUT2D eigenvalue weighted by Gasteiger charge is 2.24. The number of anilines is 1. The SMILES string of the molecule is CCCCN(CCCC)S(=O)(=O)c1ccc(C(=O)Nc2nc3c(ccc4ccccc43)s2)cc1. The number of benzene rings is 3. The van der Waals surface area contributed by atoms with Gasteiger partial charge in [0.05, 0.1) is 15.1 Å². The number of nitrogens with zero attached hydrogens (tertiary/aromatic N) is 2. The average molecular weight is 496 g/mol. The van der Waals surface area contributed by atoms with Crippen molar-refractivity contribution in [3.63, 3.8) is 0 Å². The molecule has 34 heavy (non-hydrogen) atoms. The van der Waals surface area contributed by atoms with Gasteiger partial charge >= 0.3 is 0 Å². The number of fused-ring (bicyclic) bond motifs is 3. The minimum atomic E-state index is -3.59. The van der Waals surface area contributed by atoms with Gasteiger partial charge in [-0.2, -0.15) is 4.31 Å². The summed E-state index contributed by atoms with van der Waals surface area (Å²) < 4.78 is 28.8. The summed E-state index contributed by atoms with van der Waals surface area (Å²) in [5.74, 6) is -0.318. The third-order valence-electron chi connectivity index (χ3n) is 5.78. The number of hydrogen-bond donors (Lipinski definition) is 1. The van der Waals surface area contributed by atoms with Crippen LogP contribution in [0.4, 0.5) is 5.13 Å². The molecule has 1 N–H and O–H groups in total. The molecule has 4 rings (SSSR count). The van der Waals surface area contributed by atoms with Crippen LogP contribution >= 0.6 is 11.3 Å². The number of thiazole rings is 1. The molecule has 0 unspecified atom stereocenters. The van der Waals surface area contributed by atoms with Gasteiger partial charge in [-0.3, -0.25) is 10.1 Å². The fourth-order valence-corrected chi connectivity index (χ4v) is 6.23. The number of hydrogen-bond acceptors (Lipinski definition) is 5. The summed E-state index contributed by atoms with van der Waals surface area (Å²) in [7, 11) is -3.59. The second-order valence-electron chi connectivity index (χ2n) is 8.24. The van der Waals surface area contributed by atoms with Crippen LogP contribution in [0.25, 0.3) is 21.0 Å². The molecule has 1 aromatic heterocycles. The highest BCUT2D eigenvalue weighted by Crippen LogP contribution is 2.32. The number of rotatable bonds is 10. The minimum absolute atomic E-state index is 0.211. The fraction of sp³-hybridized carbons (Fsp3) is 0.308. The molecule has 0 aliphatic carbocycles. The Morgan fingerprint density at radius 3 is 2.29 bits per heavy atom. The lowest BCUT2D eigenvalue weighted by Crippen LogP contribution is -2.33. The zero-order valence-corrected chi connectivity index (χ0v) is 21.1. The molecule has 0 bridgehead atoms. The van der Waals surface area contributed by atoms with Gasteiger partial charge in [0.25, 0.3) is 5.91 Å². The van der Waals surface area contributed by atoms with E-state index in [0.29, 0.717) is 23.8 Å². The van der Waals surface area contributed by atoms with Crippen LogP contribution in [-0.2, 0) is 10.0 Å². The second-order valence-corrected chi connectivity index (χ2v) is 11.2. The lowest BCUT2D eigenvalue weighted by molar-refractivity contribution is 0.102. The van der Waals surface area contributed by atoms with Crippen LogP contribution < -0.4 is 5.32 Å². The molecule has 0 atom stereocenters. The molecule has 1 amide bonds. The Hall–Kier alpha value is -2.81. The monoisotopic (exact) mass is 495 g/mol. The highest BCUT2D eigenvalue weighted by molar-refractivity contribution is 7.89. The summed E-state index contributed by atoms with van der Waals surface area (Å²) in [5.41, 5.74) is 1.25. The minimum Gasteiger partial charge on any atom is -0.298 e. The Balaban J connectivity index is 1.52. The molecular weight excluding hydrogens is 466 g/mol. The summed E-state index contributed by atoms with van der Waals surface area (Å²) in [6, 6.07) is 18.2. The van der Waals surface area contributed by atoms with Gasteiger partial charge in [-0.15, -0.1) is 0 Å². The molecule has 0 radical (unpaired) electrons. The van der Waals surface area contributed by atoms with Crippen molar-refractivity contribution in [2.24, 2.45) is 0 Å². The zero-order chi connectivity index (χ0) is 24.1. The van der Waals surface area contributed by atoms with Crippen LogP contribution in [0.2, 0.25) is 0 Å². The highest BCUT2D eigenvalue weighted by atomic mass is 32.2. The Morgan fingerprint density at radius 2 is 1.62 bits per heavy atom. The lowest BCUT2D eigenvalue weighted by Gasteiger charge is -2.22. The van der Waals surface area contributed by atoms with Gasteiger partial charge in [0.2, 0.25) is 10.0 Å². The van der Waals surface area contributed by atoms with Crippen LogP contribution in [0.3, 0.4) is 0 Å². The molecule has 0 spiro atoms. The molecule has 1 heterocycles. The first-order valence-corrected chi connectivity index (χ1v) is 13.9. The number of carbonyl (C=O) groups is 1. The topological polar surface area (TPSA) is 79.4 Å². The molecule has 0 aliphatic heterocycles. The summed E-state index contributed by atoms with van der Waals surface area (Å²) in [6.07, 6.45) is 3.50. The van der Waals surface area contributed by atoms with E-state index in [1.54, 1.807) is 16.4 Å². The largest absolute Gasteiger partial charge is 0.298 e. The van der Waals surface area contributed by atoms with Gasteiger partial charge in [-0.25, -0.2) is 13.4 Å². The van der Waals surface area contributed by atoms with Gasteiger partial charge in [-0.05, 0) is 48.6 Å². The van der Waals surface area contributed by atoms with Crippen molar-refractivity contribution in [2.45, 2.75) is 44.4 Å². The second kappa shape index (κ2) is 10.6. The van der Waals surface area contributed by atoms with Gasteiger partial charge in [0.15, 0.2) is 5.13 Å². The lowest BCUT2D eigenvalue weighted by atomic mass is 10.1. The Bertz CT molecular complexity index is 1390. The average Bonchev–Trinajstić information content (AvgIpc) is 3.27. The maximum atomic E-state index is 13.1. The van der Waals surface area contributed by atoms with Gasteiger partial charge < -0.3 is 0 Å². The third kappa shape index (κ3) is 5.14. The quantitative estimate of drug-likeness (QED) is 0.280. The number of sulfonamides is 1. The van der Waals surface area contributed by atoms with Gasteiger partial charge in [0.1, 0.15) is 0 Å². The third-order valence-corrected chi connectivity index (χ3v) is 8.63. The van der Waals surface area contributed by atoms with Gasteiger partial charge in [0, 0.05) is 24.0 Å². The number of unbranched alkanes of at least 4 members (excludes halogenated alkanes) is 2. The number of amides is 1. The molecule has 0 aliphatic rings. The normalized spacial score (nSPS) is 12.0. The van der Waals surface area contributed by atoms with Crippen molar-refractivity contribution < 1.29 is 13.2 Å². The van der Waals surface area contributed by atoms with Crippen molar-refractivity contribution in [1.29, 1.82) is 0 Å². The Kier molecular flexibility index (Phi) is 7.60. The van der Waals surface area contributed by atoms with Crippen LogP contribution in [0.5, 0.6) is 0 Å². The zero-order valence-electron chi connectivity index (χ0n) is 19.5. The molecule has 3 aromatic carbocycles. The number of nitrogens with one attached hydrogen (secondary N) is 1. The number of carbonyl (C=O) groups excluding carboxylic acids is 1. The van der Waals surface area contributed by atoms with Crippen LogP contribution in [0.1, 0.15) is 49.9 Å². The van der Waals surface area contributed by atoms with E-state index in [1.165, 1.54) is 23.5 Å². The smallest absolute Gasteiger partial charge is 0.257 e. The maximum absolute atomic E-state index is 13.1. The first-order chi connectivity index (χ1) is 16.4. The van der Waals surface area contributed by atoms with E-state index >= 15 is 0 Å². The standard InChI is InChI=1S/C26H29N3O3S2/c1-3-5-17-29(18-6-4-2)34(31,32)21-14-11-20(12-15-21)25(30)28-26-27-24-22-10-8-7-9-19(22)13-16-23(24)33-26/h7-16H,3-6,17-18H2,1-2H3,(H,27,28,30). The maximum Gasteiger partial charge on any atom is 0.257 e. The van der Waals surface area contributed by atoms with Gasteiger partial charge in [-0.1, -0.05) is 68.4 Å². The molecule has 8 heteroatoms. The van der Waals surface area contributed by atoms with Crippen LogP contribution in [0.15, 0.2) is 65.6 Å². The summed E-state index contributed by atoms with van der Waals surface area (Å²) >= 11 is 1.42. The van der Waals surface area contributed by atoms with Crippen molar-refractivity contribution in [3.8, 4) is 0 Å². The summed E-state index contributed by atoms with van der Waals surface area (Å²) in [6.45, 7) is 5.11. The van der Waals surface area contributed by atoms with E-state index in [9.17, 15) is 13.2 Å². The molecule has 0 fully saturated rings. The van der Waals surface area contributed by atoms with Crippen molar-refractivity contribution in [1.82, 2.24) is 9.29 Å². The van der Waals surface area contributed by atoms with E-state index in [-0.39, 0.29) is 10.8 Å². The van der Waals surface area contributed by atoms with E-state index in [1.807, 2.05) is 50.2 Å². The Morgan fingerprint density at radius 1 is 0.941 bits per heavy atom. The van der Waals surface area contributed by atoms with Crippen molar-refractivity contribution in [2.75, 3.05) is 18.4 Å². The van der Waals surface area contributed by atoms with Crippen LogP contribution in [-0.4, -0.2) is 36.7 Å². The van der Waals surface area contributed by atoms with E-state index < -0.39 is 10.0 Å². The summed E-state index contributed by atoms with van der Waals surface area (Å²) in [4.78, 5) is 17.7. The van der Waals surface area contributed by atoms with E-state index in [4.69, 9.17) is 0 Å². The summed E-state index contributed by atoms with van der Waals surface area (Å²) in [5, 5.41) is 5.51. The predicted octanol–water partition coefficient (Wildman–Crippen LogP) is 6.29. The van der Waals surface area contributed by atoms with E-state index in [2.05, 4.69) is 10.3 Å². The first kappa shape index (κ1) is 24.3. The molecule has 4 aromatic rings. The molecular formula is C26H29N3O3S2. The first-order valence-electron chi connectivity index (χ1n) is 11.6. The molecule has 178 valence electrons. The van der Waals surface area contributed by atoms with Crippen molar-refractivity contribution in [3.05, 3.63) is 66.2 Å². The van der Waals surface area contributed by atoms with Crippen LogP contribution in [0, 0.1) is 0 Å². The van der Waals surface area contributed by atoms with Crippen molar-refractivity contribution >= 4 is 53.4 Å². The molecule has 0 saturated carbocycles. The number of aromatic nitrogens is 1. The molecule has 0 saturated heterocycles. The Labute approximate surface area is 204 Å². The predicted molar refractivity (Wildman–Crippen MR) is 140 cm³/mol. The fourth-order valence-electron chi connectivity index (χ4n) is 3.83. The van der Waals surface area contributed by atoms with E-state index in [0.717, 1.165) is 46.7 Å². The molecule has 6 nitrogen and oxygen atoms in total.